The number of carbonyl (C=O) groups excluding carboxylic acids is 1. The number of para-hydroxylation sites is 1. The van der Waals surface area contributed by atoms with E-state index in [4.69, 9.17) is 9.15 Å². The van der Waals surface area contributed by atoms with Crippen molar-refractivity contribution in [1.29, 1.82) is 0 Å². The zero-order valence-corrected chi connectivity index (χ0v) is 16.8. The van der Waals surface area contributed by atoms with Crippen LogP contribution in [0.4, 0.5) is 0 Å². The van der Waals surface area contributed by atoms with Crippen LogP contribution in [0.2, 0.25) is 0 Å². The number of nitrogens with zero attached hydrogens (tertiary/aromatic N) is 2. The van der Waals surface area contributed by atoms with Crippen LogP contribution in [-0.4, -0.2) is 37.4 Å². The van der Waals surface area contributed by atoms with Gasteiger partial charge >= 0.3 is 5.22 Å². The van der Waals surface area contributed by atoms with E-state index in [0.29, 0.717) is 17.7 Å². The molecule has 0 saturated heterocycles. The first-order valence-electron chi connectivity index (χ1n) is 8.98. The molecule has 29 heavy (non-hydrogen) atoms. The number of amides is 1. The maximum absolute atomic E-state index is 12.9. The van der Waals surface area contributed by atoms with E-state index in [9.17, 15) is 13.2 Å². The Morgan fingerprint density at radius 1 is 1.10 bits per heavy atom. The normalized spacial score (nSPS) is 12.3. The van der Waals surface area contributed by atoms with Crippen molar-refractivity contribution in [2.75, 3.05) is 12.9 Å². The Morgan fingerprint density at radius 3 is 2.48 bits per heavy atom. The summed E-state index contributed by atoms with van der Waals surface area (Å²) in [5.74, 6) is -0.125. The SMILES string of the molecule is CCS(=O)(=O)c1nnc([C@H](Cc2ccccc2)NC(=O)c2ccccc2OC)o1. The minimum absolute atomic E-state index is 0.0177. The summed E-state index contributed by atoms with van der Waals surface area (Å²) in [7, 11) is -2.17. The van der Waals surface area contributed by atoms with E-state index in [2.05, 4.69) is 15.5 Å². The lowest BCUT2D eigenvalue weighted by Crippen LogP contribution is -2.30. The first-order valence-corrected chi connectivity index (χ1v) is 10.6. The van der Waals surface area contributed by atoms with Gasteiger partial charge in [-0.2, -0.15) is 0 Å². The number of nitrogens with one attached hydrogen (secondary N) is 1. The number of sulfone groups is 1. The van der Waals surface area contributed by atoms with Crippen LogP contribution in [0.25, 0.3) is 0 Å². The molecule has 0 aliphatic carbocycles. The van der Waals surface area contributed by atoms with Crippen molar-refractivity contribution in [1.82, 2.24) is 15.5 Å². The van der Waals surface area contributed by atoms with Crippen molar-refractivity contribution < 1.29 is 22.4 Å². The Labute approximate surface area is 168 Å². The van der Waals surface area contributed by atoms with E-state index < -0.39 is 27.0 Å². The summed E-state index contributed by atoms with van der Waals surface area (Å²) in [5.41, 5.74) is 1.25. The van der Waals surface area contributed by atoms with Gasteiger partial charge in [0.1, 0.15) is 11.8 Å². The fourth-order valence-electron chi connectivity index (χ4n) is 2.73. The Morgan fingerprint density at radius 2 is 1.79 bits per heavy atom. The highest BCUT2D eigenvalue weighted by molar-refractivity contribution is 7.91. The zero-order chi connectivity index (χ0) is 20.9. The van der Waals surface area contributed by atoms with Gasteiger partial charge in [-0.05, 0) is 17.7 Å². The van der Waals surface area contributed by atoms with Crippen LogP contribution in [0.1, 0.15) is 34.8 Å². The molecule has 1 amide bonds. The van der Waals surface area contributed by atoms with Gasteiger partial charge < -0.3 is 14.5 Å². The predicted octanol–water partition coefficient (Wildman–Crippen LogP) is 2.59. The lowest BCUT2D eigenvalue weighted by molar-refractivity contribution is 0.0926. The van der Waals surface area contributed by atoms with Crippen LogP contribution >= 0.6 is 0 Å². The predicted molar refractivity (Wildman–Crippen MR) is 105 cm³/mol. The largest absolute Gasteiger partial charge is 0.496 e. The molecule has 3 aromatic rings. The average molecular weight is 415 g/mol. The van der Waals surface area contributed by atoms with Gasteiger partial charge in [0.15, 0.2) is 0 Å². The van der Waals surface area contributed by atoms with Gasteiger partial charge in [-0.3, -0.25) is 4.79 Å². The molecular weight excluding hydrogens is 394 g/mol. The second kappa shape index (κ2) is 8.87. The number of hydrogen-bond donors (Lipinski definition) is 1. The molecule has 1 aromatic heterocycles. The zero-order valence-electron chi connectivity index (χ0n) is 16.0. The van der Waals surface area contributed by atoms with Crippen molar-refractivity contribution in [2.24, 2.45) is 0 Å². The Bertz CT molecular complexity index is 1080. The number of ether oxygens (including phenoxy) is 1. The molecule has 3 rings (SSSR count). The van der Waals surface area contributed by atoms with E-state index in [-0.39, 0.29) is 11.6 Å². The highest BCUT2D eigenvalue weighted by atomic mass is 32.2. The monoisotopic (exact) mass is 415 g/mol. The van der Waals surface area contributed by atoms with E-state index in [1.54, 1.807) is 24.3 Å². The quantitative estimate of drug-likeness (QED) is 0.602. The number of aromatic nitrogens is 2. The van der Waals surface area contributed by atoms with Crippen LogP contribution in [0, 0.1) is 0 Å². The molecule has 0 fully saturated rings. The molecule has 1 heterocycles. The third-order valence-corrected chi connectivity index (χ3v) is 5.76. The molecule has 0 spiro atoms. The molecule has 0 saturated carbocycles. The second-order valence-corrected chi connectivity index (χ2v) is 8.38. The molecule has 9 heteroatoms. The van der Waals surface area contributed by atoms with E-state index >= 15 is 0 Å². The fourth-order valence-corrected chi connectivity index (χ4v) is 3.35. The third kappa shape index (κ3) is 4.80. The molecule has 0 unspecified atom stereocenters. The molecule has 152 valence electrons. The molecule has 2 aromatic carbocycles. The van der Waals surface area contributed by atoms with E-state index in [0.717, 1.165) is 5.56 Å². The van der Waals surface area contributed by atoms with Crippen LogP contribution in [0.15, 0.2) is 64.2 Å². The van der Waals surface area contributed by atoms with Gasteiger partial charge in [-0.15, -0.1) is 5.10 Å². The van der Waals surface area contributed by atoms with Gasteiger partial charge in [0.05, 0.1) is 18.4 Å². The fraction of sp³-hybridized carbons (Fsp3) is 0.250. The number of rotatable bonds is 8. The lowest BCUT2D eigenvalue weighted by Gasteiger charge is -2.16. The first-order chi connectivity index (χ1) is 13.9. The molecule has 0 aliphatic rings. The summed E-state index contributed by atoms with van der Waals surface area (Å²) in [4.78, 5) is 12.9. The summed E-state index contributed by atoms with van der Waals surface area (Å²) in [6, 6.07) is 15.5. The number of benzene rings is 2. The molecule has 0 bridgehead atoms. The van der Waals surface area contributed by atoms with Crippen molar-refractivity contribution in [3.63, 3.8) is 0 Å². The number of hydrogen-bond acceptors (Lipinski definition) is 7. The Kier molecular flexibility index (Phi) is 6.28. The van der Waals surface area contributed by atoms with Crippen LogP contribution in [0.3, 0.4) is 0 Å². The van der Waals surface area contributed by atoms with Gasteiger partial charge in [0.25, 0.3) is 5.91 Å². The lowest BCUT2D eigenvalue weighted by atomic mass is 10.1. The number of carbonyl (C=O) groups is 1. The third-order valence-electron chi connectivity index (χ3n) is 4.31. The number of methoxy groups -OCH3 is 1. The smallest absolute Gasteiger partial charge is 0.335 e. The van der Waals surface area contributed by atoms with Gasteiger partial charge in [-0.25, -0.2) is 8.42 Å². The second-order valence-electron chi connectivity index (χ2n) is 6.23. The van der Waals surface area contributed by atoms with Gasteiger partial charge in [0.2, 0.25) is 15.7 Å². The van der Waals surface area contributed by atoms with Crippen LogP contribution < -0.4 is 10.1 Å². The van der Waals surface area contributed by atoms with E-state index in [1.165, 1.54) is 14.0 Å². The van der Waals surface area contributed by atoms with Crippen LogP contribution in [0.5, 0.6) is 5.75 Å². The van der Waals surface area contributed by atoms with E-state index in [1.807, 2.05) is 30.3 Å². The van der Waals surface area contributed by atoms with Crippen molar-refractivity contribution in [3.05, 3.63) is 71.6 Å². The van der Waals surface area contributed by atoms with Crippen molar-refractivity contribution >= 4 is 15.7 Å². The first kappa shape index (κ1) is 20.5. The summed E-state index contributed by atoms with van der Waals surface area (Å²) in [6.45, 7) is 1.49. The van der Waals surface area contributed by atoms with Crippen molar-refractivity contribution in [2.45, 2.75) is 24.6 Å². The van der Waals surface area contributed by atoms with Gasteiger partial charge in [0, 0.05) is 6.42 Å². The summed E-state index contributed by atoms with van der Waals surface area (Å²) in [6.07, 6.45) is 0.343. The van der Waals surface area contributed by atoms with Crippen LogP contribution in [-0.2, 0) is 16.3 Å². The average Bonchev–Trinajstić information content (AvgIpc) is 3.25. The summed E-state index contributed by atoms with van der Waals surface area (Å²) in [5, 5.41) is 9.92. The molecule has 1 N–H and O–H groups in total. The molecule has 1 atom stereocenters. The Hall–Kier alpha value is -3.20. The highest BCUT2D eigenvalue weighted by Crippen LogP contribution is 2.23. The molecule has 8 nitrogen and oxygen atoms in total. The van der Waals surface area contributed by atoms with Gasteiger partial charge in [-0.1, -0.05) is 54.5 Å². The van der Waals surface area contributed by atoms with Crippen molar-refractivity contribution in [3.8, 4) is 5.75 Å². The minimum atomic E-state index is -3.65. The standard InChI is InChI=1S/C20H21N3O5S/c1-3-29(25,26)20-23-22-19(28-20)16(13-14-9-5-4-6-10-14)21-18(24)15-11-7-8-12-17(15)27-2/h4-12,16H,3,13H2,1-2H3,(H,21,24)/t16-/m0/s1. The minimum Gasteiger partial charge on any atom is -0.496 e. The molecular formula is C20H21N3O5S. The summed E-state index contributed by atoms with van der Waals surface area (Å²) < 4.78 is 34.7. The topological polar surface area (TPSA) is 111 Å². The maximum Gasteiger partial charge on any atom is 0.335 e. The maximum atomic E-state index is 12.9. The molecule has 0 aliphatic heterocycles. The molecule has 0 radical (unpaired) electrons. The Balaban J connectivity index is 1.92. The highest BCUT2D eigenvalue weighted by Gasteiger charge is 2.27. The summed E-state index contributed by atoms with van der Waals surface area (Å²) >= 11 is 0.